The third-order valence-electron chi connectivity index (χ3n) is 3.49. The summed E-state index contributed by atoms with van der Waals surface area (Å²) >= 11 is 0. The first-order valence-corrected chi connectivity index (χ1v) is 10.0. The van der Waals surface area contributed by atoms with Gasteiger partial charge >= 0.3 is 6.03 Å². The first-order valence-electron chi connectivity index (χ1n) is 7.12. The average Bonchev–Trinajstić information content (AvgIpc) is 2.49. The maximum atomic E-state index is 12.1. The van der Waals surface area contributed by atoms with E-state index >= 15 is 0 Å². The number of carbonyl (C=O) groups is 1. The molecule has 0 saturated heterocycles. The number of rotatable bonds is 4. The number of anilines is 2. The summed E-state index contributed by atoms with van der Waals surface area (Å²) in [6.45, 7) is 3.10. The van der Waals surface area contributed by atoms with Crippen LogP contribution in [0.15, 0.2) is 46.2 Å². The number of carbonyl (C=O) groups excluding carboxylic acids is 1. The van der Waals surface area contributed by atoms with Crippen LogP contribution in [0.3, 0.4) is 0 Å². The summed E-state index contributed by atoms with van der Waals surface area (Å²) in [6, 6.07) is 6.71. The second-order valence-electron chi connectivity index (χ2n) is 5.48. The highest BCUT2D eigenvalue weighted by molar-refractivity contribution is 7.86. The lowest BCUT2D eigenvalue weighted by Crippen LogP contribution is -2.20. The SMILES string of the molecule is Cc1cc(S(=O)(=O)O)ccc1NC(=O)Nc1ccc(S(=O)(=O)O)cc1C. The highest BCUT2D eigenvalue weighted by Gasteiger charge is 2.14. The molecule has 0 heterocycles. The largest absolute Gasteiger partial charge is 0.323 e. The van der Waals surface area contributed by atoms with Gasteiger partial charge in [-0.05, 0) is 61.4 Å². The molecule has 2 rings (SSSR count). The Kier molecular flexibility index (Phi) is 5.37. The second-order valence-corrected chi connectivity index (χ2v) is 8.33. The van der Waals surface area contributed by atoms with E-state index in [0.29, 0.717) is 22.5 Å². The number of urea groups is 1. The van der Waals surface area contributed by atoms with Crippen LogP contribution in [0.25, 0.3) is 0 Å². The molecule has 0 aliphatic rings. The van der Waals surface area contributed by atoms with Crippen molar-refractivity contribution < 1.29 is 30.7 Å². The van der Waals surface area contributed by atoms with Crippen LogP contribution >= 0.6 is 0 Å². The van der Waals surface area contributed by atoms with Crippen LogP contribution in [0.4, 0.5) is 16.2 Å². The highest BCUT2D eigenvalue weighted by atomic mass is 32.2. The van der Waals surface area contributed by atoms with Crippen LogP contribution < -0.4 is 10.6 Å². The number of nitrogens with one attached hydrogen (secondary N) is 2. The van der Waals surface area contributed by atoms with E-state index in [2.05, 4.69) is 10.6 Å². The summed E-state index contributed by atoms with van der Waals surface area (Å²) in [7, 11) is -8.68. The van der Waals surface area contributed by atoms with Crippen LogP contribution in [0, 0.1) is 13.8 Å². The van der Waals surface area contributed by atoms with Gasteiger partial charge in [-0.3, -0.25) is 9.11 Å². The van der Waals surface area contributed by atoms with Gasteiger partial charge in [-0.15, -0.1) is 0 Å². The monoisotopic (exact) mass is 400 g/mol. The molecule has 0 unspecified atom stereocenters. The van der Waals surface area contributed by atoms with E-state index in [9.17, 15) is 21.6 Å². The number of hydrogen-bond acceptors (Lipinski definition) is 5. The Morgan fingerprint density at radius 3 is 1.38 bits per heavy atom. The van der Waals surface area contributed by atoms with Crippen LogP contribution in [0.2, 0.25) is 0 Å². The molecule has 0 spiro atoms. The molecule has 11 heteroatoms. The van der Waals surface area contributed by atoms with E-state index in [0.717, 1.165) is 12.1 Å². The van der Waals surface area contributed by atoms with Gasteiger partial charge in [0.05, 0.1) is 9.79 Å². The molecule has 0 saturated carbocycles. The van der Waals surface area contributed by atoms with Gasteiger partial charge in [-0.25, -0.2) is 4.79 Å². The molecule has 26 heavy (non-hydrogen) atoms. The zero-order chi connectivity index (χ0) is 19.7. The fourth-order valence-corrected chi connectivity index (χ4v) is 3.28. The zero-order valence-electron chi connectivity index (χ0n) is 13.7. The van der Waals surface area contributed by atoms with Crippen molar-refractivity contribution in [3.8, 4) is 0 Å². The van der Waals surface area contributed by atoms with E-state index < -0.39 is 26.3 Å². The molecule has 0 fully saturated rings. The Balaban J connectivity index is 2.17. The Hall–Kier alpha value is -2.47. The van der Waals surface area contributed by atoms with Crippen molar-refractivity contribution >= 4 is 37.6 Å². The molecule has 0 aromatic heterocycles. The highest BCUT2D eigenvalue weighted by Crippen LogP contribution is 2.22. The lowest BCUT2D eigenvalue weighted by molar-refractivity contribution is 0.262. The van der Waals surface area contributed by atoms with Crippen molar-refractivity contribution in [1.29, 1.82) is 0 Å². The molecule has 0 aliphatic heterocycles. The maximum absolute atomic E-state index is 12.1. The molecule has 0 bridgehead atoms. The van der Waals surface area contributed by atoms with Gasteiger partial charge in [0, 0.05) is 11.4 Å². The minimum Gasteiger partial charge on any atom is -0.307 e. The third kappa shape index (κ3) is 4.79. The topological polar surface area (TPSA) is 150 Å². The van der Waals surface area contributed by atoms with E-state index in [4.69, 9.17) is 9.11 Å². The van der Waals surface area contributed by atoms with Crippen LogP contribution in [0.1, 0.15) is 11.1 Å². The molecular weight excluding hydrogens is 384 g/mol. The van der Waals surface area contributed by atoms with E-state index in [-0.39, 0.29) is 9.79 Å². The quantitative estimate of drug-likeness (QED) is 0.576. The number of benzene rings is 2. The molecule has 4 N–H and O–H groups in total. The van der Waals surface area contributed by atoms with E-state index in [1.54, 1.807) is 13.8 Å². The molecule has 2 aromatic rings. The predicted octanol–water partition coefficient (Wildman–Crippen LogP) is 2.44. The predicted molar refractivity (Wildman–Crippen MR) is 94.6 cm³/mol. The van der Waals surface area contributed by atoms with Crippen molar-refractivity contribution in [3.63, 3.8) is 0 Å². The van der Waals surface area contributed by atoms with Crippen molar-refractivity contribution in [2.24, 2.45) is 0 Å². The first-order chi connectivity index (χ1) is 11.9. The molecule has 0 radical (unpaired) electrons. The van der Waals surface area contributed by atoms with Crippen molar-refractivity contribution in [2.75, 3.05) is 10.6 Å². The van der Waals surface area contributed by atoms with Crippen molar-refractivity contribution in [1.82, 2.24) is 0 Å². The van der Waals surface area contributed by atoms with Gasteiger partial charge in [-0.1, -0.05) is 0 Å². The molecular formula is C15H16N2O7S2. The standard InChI is InChI=1S/C15H16N2O7S2/c1-9-7-11(25(19,20)21)3-5-13(9)16-15(18)17-14-6-4-12(8-10(14)2)26(22,23)24/h3-8H,1-2H3,(H2,16,17,18)(H,19,20,21)(H,22,23,24). The Bertz CT molecular complexity index is 992. The Labute approximate surface area is 150 Å². The van der Waals surface area contributed by atoms with Gasteiger partial charge in [0.25, 0.3) is 20.2 Å². The first kappa shape index (κ1) is 19.8. The lowest BCUT2D eigenvalue weighted by Gasteiger charge is -2.12. The van der Waals surface area contributed by atoms with Gasteiger partial charge in [0.15, 0.2) is 0 Å². The van der Waals surface area contributed by atoms with Crippen molar-refractivity contribution in [2.45, 2.75) is 23.6 Å². The summed E-state index contributed by atoms with van der Waals surface area (Å²) in [5.41, 5.74) is 1.46. The molecule has 140 valence electrons. The summed E-state index contributed by atoms with van der Waals surface area (Å²) in [4.78, 5) is 11.5. The smallest absolute Gasteiger partial charge is 0.307 e. The van der Waals surface area contributed by atoms with Crippen molar-refractivity contribution in [3.05, 3.63) is 47.5 Å². The van der Waals surface area contributed by atoms with Gasteiger partial charge in [0.1, 0.15) is 0 Å². The van der Waals surface area contributed by atoms with Gasteiger partial charge in [0.2, 0.25) is 0 Å². The molecule has 0 aliphatic carbocycles. The Morgan fingerprint density at radius 2 is 1.12 bits per heavy atom. The second kappa shape index (κ2) is 7.03. The van der Waals surface area contributed by atoms with Gasteiger partial charge in [-0.2, -0.15) is 16.8 Å². The fraction of sp³-hybridized carbons (Fsp3) is 0.133. The van der Waals surface area contributed by atoms with Crippen LogP contribution in [-0.4, -0.2) is 32.0 Å². The Morgan fingerprint density at radius 1 is 0.769 bits per heavy atom. The lowest BCUT2D eigenvalue weighted by atomic mass is 10.2. The zero-order valence-corrected chi connectivity index (χ0v) is 15.3. The van der Waals surface area contributed by atoms with Gasteiger partial charge < -0.3 is 10.6 Å². The van der Waals surface area contributed by atoms with Crippen LogP contribution in [-0.2, 0) is 20.2 Å². The fourth-order valence-electron chi connectivity index (χ4n) is 2.15. The normalized spacial score (nSPS) is 11.8. The van der Waals surface area contributed by atoms with Crippen LogP contribution in [0.5, 0.6) is 0 Å². The molecule has 0 atom stereocenters. The molecule has 9 nitrogen and oxygen atoms in total. The number of amides is 2. The third-order valence-corrected chi connectivity index (χ3v) is 5.19. The average molecular weight is 400 g/mol. The molecule has 2 aromatic carbocycles. The summed E-state index contributed by atoms with van der Waals surface area (Å²) in [5.74, 6) is 0. The number of aryl methyl sites for hydroxylation is 2. The summed E-state index contributed by atoms with van der Waals surface area (Å²) in [6.07, 6.45) is 0. The minimum absolute atomic E-state index is 0.294. The number of hydrogen-bond donors (Lipinski definition) is 4. The van der Waals surface area contributed by atoms with E-state index in [1.165, 1.54) is 24.3 Å². The summed E-state index contributed by atoms with van der Waals surface area (Å²) < 4.78 is 62.4. The molecule has 2 amide bonds. The van der Waals surface area contributed by atoms with E-state index in [1.807, 2.05) is 0 Å². The minimum atomic E-state index is -4.34. The maximum Gasteiger partial charge on any atom is 0.323 e. The summed E-state index contributed by atoms with van der Waals surface area (Å²) in [5, 5.41) is 5.03.